The molecule has 0 N–H and O–H groups in total. The highest BCUT2D eigenvalue weighted by atomic mass is 127. The molecule has 2 heteroatoms. The lowest BCUT2D eigenvalue weighted by molar-refractivity contribution is 0.255. The molecule has 2 rings (SSSR count). The monoisotopic (exact) mass is 315 g/mol. The van der Waals surface area contributed by atoms with E-state index in [1.165, 1.54) is 31.5 Å². The van der Waals surface area contributed by atoms with Gasteiger partial charge in [0, 0.05) is 4.43 Å². The van der Waals surface area contributed by atoms with Gasteiger partial charge in [-0.1, -0.05) is 46.9 Å². The average molecular weight is 315 g/mol. The first kappa shape index (κ1) is 11.4. The predicted octanol–water partition coefficient (Wildman–Crippen LogP) is 3.43. The quantitative estimate of drug-likeness (QED) is 0.597. The van der Waals surface area contributed by atoms with Crippen molar-refractivity contribution in [1.29, 1.82) is 0 Å². The van der Waals surface area contributed by atoms with E-state index in [2.05, 4.69) is 58.8 Å². The Balaban J connectivity index is 2.08. The van der Waals surface area contributed by atoms with Crippen LogP contribution in [0.1, 0.15) is 29.9 Å². The number of rotatable bonds is 2. The fourth-order valence-corrected chi connectivity index (χ4v) is 2.75. The Labute approximate surface area is 106 Å². The molecule has 1 nitrogen and oxygen atoms in total. The van der Waals surface area contributed by atoms with Gasteiger partial charge in [-0.3, -0.25) is 0 Å². The van der Waals surface area contributed by atoms with Gasteiger partial charge in [0.15, 0.2) is 0 Å². The van der Waals surface area contributed by atoms with Gasteiger partial charge in [-0.25, -0.2) is 0 Å². The summed E-state index contributed by atoms with van der Waals surface area (Å²) in [6, 6.07) is 9.13. The minimum absolute atomic E-state index is 0.795. The van der Waals surface area contributed by atoms with Crippen molar-refractivity contribution >= 4 is 22.6 Å². The predicted molar refractivity (Wildman–Crippen MR) is 73.6 cm³/mol. The molecule has 1 heterocycles. The number of nitrogens with zero attached hydrogens (tertiary/aromatic N) is 1. The molecule has 0 bridgehead atoms. The van der Waals surface area contributed by atoms with Crippen LogP contribution in [0, 0.1) is 0 Å². The zero-order valence-electron chi connectivity index (χ0n) is 9.25. The van der Waals surface area contributed by atoms with E-state index in [0.717, 1.165) is 10.3 Å². The fourth-order valence-electron chi connectivity index (χ4n) is 2.27. The Morgan fingerprint density at radius 3 is 2.73 bits per heavy atom. The zero-order valence-corrected chi connectivity index (χ0v) is 11.4. The lowest BCUT2D eigenvalue weighted by atomic mass is 9.89. The van der Waals surface area contributed by atoms with E-state index in [1.807, 2.05) is 0 Å². The molecule has 0 unspecified atom stereocenters. The van der Waals surface area contributed by atoms with Gasteiger partial charge < -0.3 is 4.90 Å². The summed E-state index contributed by atoms with van der Waals surface area (Å²) in [5, 5.41) is 0. The van der Waals surface area contributed by atoms with E-state index in [-0.39, 0.29) is 0 Å². The maximum atomic E-state index is 2.44. The molecule has 1 aromatic carbocycles. The van der Waals surface area contributed by atoms with Crippen LogP contribution in [0.5, 0.6) is 0 Å². The van der Waals surface area contributed by atoms with Gasteiger partial charge in [0.2, 0.25) is 0 Å². The van der Waals surface area contributed by atoms with Gasteiger partial charge in [0.25, 0.3) is 0 Å². The first-order chi connectivity index (χ1) is 7.29. The summed E-state index contributed by atoms with van der Waals surface area (Å²) in [6.45, 7) is 2.50. The van der Waals surface area contributed by atoms with Crippen molar-refractivity contribution in [2.24, 2.45) is 0 Å². The average Bonchev–Trinajstić information content (AvgIpc) is 2.30. The van der Waals surface area contributed by atoms with Crippen molar-refractivity contribution in [1.82, 2.24) is 4.90 Å². The van der Waals surface area contributed by atoms with Crippen LogP contribution in [0.2, 0.25) is 0 Å². The van der Waals surface area contributed by atoms with Crippen LogP contribution in [0.3, 0.4) is 0 Å². The van der Waals surface area contributed by atoms with Crippen molar-refractivity contribution < 1.29 is 0 Å². The standard InChI is InChI=1S/C13H18IN/c1-15-7-5-12(6-8-15)13-4-2-3-11(9-13)10-14/h2-4,9,12H,5-8,10H2,1H3. The number of halogens is 1. The summed E-state index contributed by atoms with van der Waals surface area (Å²) in [7, 11) is 2.22. The molecule has 1 aromatic rings. The first-order valence-corrected chi connectivity index (χ1v) is 7.15. The third kappa shape index (κ3) is 2.94. The van der Waals surface area contributed by atoms with Crippen molar-refractivity contribution in [2.45, 2.75) is 23.2 Å². The fraction of sp³-hybridized carbons (Fsp3) is 0.538. The summed E-state index contributed by atoms with van der Waals surface area (Å²) >= 11 is 2.44. The molecule has 1 aliphatic heterocycles. The molecule has 0 atom stereocenters. The third-order valence-corrected chi connectivity index (χ3v) is 4.18. The second-order valence-electron chi connectivity index (χ2n) is 4.46. The van der Waals surface area contributed by atoms with E-state index in [1.54, 1.807) is 5.56 Å². The second-order valence-corrected chi connectivity index (χ2v) is 5.22. The van der Waals surface area contributed by atoms with Crippen LogP contribution in [0.25, 0.3) is 0 Å². The largest absolute Gasteiger partial charge is 0.306 e. The molecule has 0 radical (unpaired) electrons. The molecule has 1 saturated heterocycles. The summed E-state index contributed by atoms with van der Waals surface area (Å²) in [6.07, 6.45) is 2.64. The van der Waals surface area contributed by atoms with Crippen LogP contribution in [-0.2, 0) is 4.43 Å². The molecule has 82 valence electrons. The molecule has 0 aliphatic carbocycles. The SMILES string of the molecule is CN1CCC(c2cccc(CI)c2)CC1. The molecule has 0 aromatic heterocycles. The Kier molecular flexibility index (Phi) is 4.03. The van der Waals surface area contributed by atoms with Crippen LogP contribution >= 0.6 is 22.6 Å². The van der Waals surface area contributed by atoms with E-state index in [4.69, 9.17) is 0 Å². The summed E-state index contributed by atoms with van der Waals surface area (Å²) in [4.78, 5) is 2.43. The number of benzene rings is 1. The third-order valence-electron chi connectivity index (χ3n) is 3.30. The highest BCUT2D eigenvalue weighted by Gasteiger charge is 2.18. The van der Waals surface area contributed by atoms with Gasteiger partial charge in [-0.05, 0) is 50.0 Å². The van der Waals surface area contributed by atoms with E-state index in [0.29, 0.717) is 0 Å². The molecule has 15 heavy (non-hydrogen) atoms. The molecular formula is C13H18IN. The van der Waals surface area contributed by atoms with Crippen LogP contribution in [0.15, 0.2) is 24.3 Å². The Bertz CT molecular complexity index is 316. The Hall–Kier alpha value is -0.0900. The van der Waals surface area contributed by atoms with Gasteiger partial charge in [0.05, 0.1) is 0 Å². The van der Waals surface area contributed by atoms with Gasteiger partial charge >= 0.3 is 0 Å². The van der Waals surface area contributed by atoms with Crippen molar-refractivity contribution in [3.8, 4) is 0 Å². The lowest BCUT2D eigenvalue weighted by Gasteiger charge is -2.29. The zero-order chi connectivity index (χ0) is 10.7. The molecule has 0 saturated carbocycles. The highest BCUT2D eigenvalue weighted by molar-refractivity contribution is 14.1. The van der Waals surface area contributed by atoms with Gasteiger partial charge in [0.1, 0.15) is 0 Å². The summed E-state index contributed by atoms with van der Waals surface area (Å²) < 4.78 is 1.12. The number of hydrogen-bond donors (Lipinski definition) is 0. The van der Waals surface area contributed by atoms with Crippen LogP contribution in [0.4, 0.5) is 0 Å². The molecule has 0 amide bonds. The van der Waals surface area contributed by atoms with Gasteiger partial charge in [-0.2, -0.15) is 0 Å². The first-order valence-electron chi connectivity index (χ1n) is 5.63. The van der Waals surface area contributed by atoms with Gasteiger partial charge in [-0.15, -0.1) is 0 Å². The lowest BCUT2D eigenvalue weighted by Crippen LogP contribution is -2.29. The smallest absolute Gasteiger partial charge is 0.0247 e. The maximum absolute atomic E-state index is 2.44. The minimum Gasteiger partial charge on any atom is -0.306 e. The van der Waals surface area contributed by atoms with E-state index < -0.39 is 0 Å². The number of piperidine rings is 1. The van der Waals surface area contributed by atoms with Crippen LogP contribution < -0.4 is 0 Å². The normalized spacial score (nSPS) is 19.3. The topological polar surface area (TPSA) is 3.24 Å². The van der Waals surface area contributed by atoms with Crippen molar-refractivity contribution in [3.05, 3.63) is 35.4 Å². The van der Waals surface area contributed by atoms with Crippen LogP contribution in [-0.4, -0.2) is 25.0 Å². The summed E-state index contributed by atoms with van der Waals surface area (Å²) in [5.41, 5.74) is 3.02. The molecule has 1 aliphatic rings. The Morgan fingerprint density at radius 1 is 1.33 bits per heavy atom. The van der Waals surface area contributed by atoms with Crippen molar-refractivity contribution in [2.75, 3.05) is 20.1 Å². The summed E-state index contributed by atoms with van der Waals surface area (Å²) in [5.74, 6) is 0.795. The highest BCUT2D eigenvalue weighted by Crippen LogP contribution is 2.28. The minimum atomic E-state index is 0.795. The number of hydrogen-bond acceptors (Lipinski definition) is 1. The Morgan fingerprint density at radius 2 is 2.07 bits per heavy atom. The molecular weight excluding hydrogens is 297 g/mol. The molecule has 0 spiro atoms. The second kappa shape index (κ2) is 5.30. The maximum Gasteiger partial charge on any atom is 0.0247 e. The number of alkyl halides is 1. The number of likely N-dealkylation sites (tertiary alicyclic amines) is 1. The van der Waals surface area contributed by atoms with E-state index in [9.17, 15) is 0 Å². The van der Waals surface area contributed by atoms with E-state index >= 15 is 0 Å². The molecule has 1 fully saturated rings. The van der Waals surface area contributed by atoms with Crippen molar-refractivity contribution in [3.63, 3.8) is 0 Å².